The number of likely N-dealkylation sites (tertiary alicyclic amines) is 1. The summed E-state index contributed by atoms with van der Waals surface area (Å²) in [6.07, 6.45) is -1.58. The lowest BCUT2D eigenvalue weighted by atomic mass is 10.1. The summed E-state index contributed by atoms with van der Waals surface area (Å²) < 4.78 is 18.8. The summed E-state index contributed by atoms with van der Waals surface area (Å²) in [5.41, 5.74) is 1.92. The van der Waals surface area contributed by atoms with Crippen molar-refractivity contribution >= 4 is 23.7 Å². The van der Waals surface area contributed by atoms with Crippen LogP contribution in [0.3, 0.4) is 0 Å². The van der Waals surface area contributed by atoms with Gasteiger partial charge in [-0.1, -0.05) is 6.07 Å². The van der Waals surface area contributed by atoms with Gasteiger partial charge in [-0.15, -0.1) is 0 Å². The van der Waals surface area contributed by atoms with Crippen LogP contribution in [0.1, 0.15) is 29.3 Å². The third-order valence-electron chi connectivity index (χ3n) is 4.99. The van der Waals surface area contributed by atoms with E-state index in [0.717, 1.165) is 5.56 Å². The zero-order valence-corrected chi connectivity index (χ0v) is 16.0. The smallest absolute Gasteiger partial charge is 0.407 e. The lowest BCUT2D eigenvalue weighted by molar-refractivity contribution is 0.0724. The van der Waals surface area contributed by atoms with E-state index in [1.807, 2.05) is 6.92 Å². The molecule has 2 saturated heterocycles. The normalized spacial score (nSPS) is 21.6. The van der Waals surface area contributed by atoms with Crippen molar-refractivity contribution in [3.05, 3.63) is 29.3 Å². The summed E-state index contributed by atoms with van der Waals surface area (Å²) in [5, 5.41) is 5.31. The first-order valence-electron chi connectivity index (χ1n) is 9.42. The number of amides is 4. The topological polar surface area (TPSA) is 91.0 Å². The molecule has 4 amide bonds. The van der Waals surface area contributed by atoms with Crippen LogP contribution in [0.4, 0.5) is 19.7 Å². The minimum absolute atomic E-state index is 0.0264. The van der Waals surface area contributed by atoms with Crippen molar-refractivity contribution < 1.29 is 23.5 Å². The molecule has 0 spiro atoms. The average molecular weight is 392 g/mol. The maximum Gasteiger partial charge on any atom is 0.407 e. The summed E-state index contributed by atoms with van der Waals surface area (Å²) in [4.78, 5) is 39.6. The fraction of sp³-hybridized carbons (Fsp3) is 0.526. The Kier molecular flexibility index (Phi) is 6.01. The number of ether oxygens (including phenoxy) is 1. The summed E-state index contributed by atoms with van der Waals surface area (Å²) in [6, 6.07) is 4.48. The van der Waals surface area contributed by atoms with Crippen LogP contribution in [0.2, 0.25) is 0 Å². The average Bonchev–Trinajstić information content (AvgIpc) is 3.25. The standard InChI is InChI=1S/C19H25FN4O4/c1-3-28-19(27)22-10-15-9-14(20)11-24(15)17(25)13-5-4-12(2)16(8-13)23-7-6-21-18(23)26/h4-5,8,14-15H,3,6-7,9-11H2,1-2H3,(H,21,26)(H,22,27). The number of benzene rings is 1. The van der Waals surface area contributed by atoms with E-state index >= 15 is 0 Å². The van der Waals surface area contributed by atoms with Gasteiger partial charge in [0, 0.05) is 37.3 Å². The first kappa shape index (κ1) is 19.9. The molecule has 2 aliphatic heterocycles. The predicted molar refractivity (Wildman–Crippen MR) is 101 cm³/mol. The van der Waals surface area contributed by atoms with E-state index in [2.05, 4.69) is 10.6 Å². The highest BCUT2D eigenvalue weighted by Crippen LogP contribution is 2.27. The highest BCUT2D eigenvalue weighted by atomic mass is 19.1. The molecule has 9 heteroatoms. The lowest BCUT2D eigenvalue weighted by Gasteiger charge is -2.25. The predicted octanol–water partition coefficient (Wildman–Crippen LogP) is 1.82. The maximum absolute atomic E-state index is 14.0. The van der Waals surface area contributed by atoms with Gasteiger partial charge in [0.1, 0.15) is 6.17 Å². The highest BCUT2D eigenvalue weighted by Gasteiger charge is 2.36. The van der Waals surface area contributed by atoms with E-state index in [-0.39, 0.29) is 38.1 Å². The second-order valence-corrected chi connectivity index (χ2v) is 6.93. The molecule has 2 heterocycles. The van der Waals surface area contributed by atoms with Gasteiger partial charge in [-0.2, -0.15) is 0 Å². The first-order chi connectivity index (χ1) is 13.4. The number of nitrogens with one attached hydrogen (secondary N) is 2. The number of urea groups is 1. The monoisotopic (exact) mass is 392 g/mol. The van der Waals surface area contributed by atoms with E-state index in [4.69, 9.17) is 4.74 Å². The quantitative estimate of drug-likeness (QED) is 0.800. The number of hydrogen-bond acceptors (Lipinski definition) is 4. The van der Waals surface area contributed by atoms with Crippen molar-refractivity contribution in [2.45, 2.75) is 32.5 Å². The molecule has 2 N–H and O–H groups in total. The van der Waals surface area contributed by atoms with Crippen LogP contribution in [-0.2, 0) is 4.74 Å². The number of alkyl carbamates (subject to hydrolysis) is 1. The van der Waals surface area contributed by atoms with Crippen LogP contribution in [0.5, 0.6) is 0 Å². The van der Waals surface area contributed by atoms with Gasteiger partial charge in [-0.3, -0.25) is 9.69 Å². The zero-order chi connectivity index (χ0) is 20.3. The van der Waals surface area contributed by atoms with Crippen molar-refractivity contribution in [1.82, 2.24) is 15.5 Å². The Balaban J connectivity index is 1.76. The molecule has 2 fully saturated rings. The zero-order valence-electron chi connectivity index (χ0n) is 16.0. The summed E-state index contributed by atoms with van der Waals surface area (Å²) in [7, 11) is 0. The summed E-state index contributed by atoms with van der Waals surface area (Å²) in [6.45, 7) is 4.97. The second kappa shape index (κ2) is 8.45. The van der Waals surface area contributed by atoms with Gasteiger partial charge in [0.05, 0.1) is 19.2 Å². The molecule has 0 saturated carbocycles. The second-order valence-electron chi connectivity index (χ2n) is 6.93. The molecule has 152 valence electrons. The van der Waals surface area contributed by atoms with Crippen LogP contribution in [0.15, 0.2) is 18.2 Å². The summed E-state index contributed by atoms with van der Waals surface area (Å²) >= 11 is 0. The van der Waals surface area contributed by atoms with Gasteiger partial charge in [0.2, 0.25) is 0 Å². The van der Waals surface area contributed by atoms with Gasteiger partial charge in [-0.05, 0) is 31.5 Å². The third-order valence-corrected chi connectivity index (χ3v) is 4.99. The largest absolute Gasteiger partial charge is 0.450 e. The highest BCUT2D eigenvalue weighted by molar-refractivity contribution is 5.99. The minimum atomic E-state index is -1.15. The minimum Gasteiger partial charge on any atom is -0.450 e. The number of carbonyl (C=O) groups is 3. The van der Waals surface area contributed by atoms with Crippen LogP contribution < -0.4 is 15.5 Å². The number of aryl methyl sites for hydroxylation is 1. The van der Waals surface area contributed by atoms with Crippen molar-refractivity contribution in [2.75, 3.05) is 37.7 Å². The Hall–Kier alpha value is -2.84. The van der Waals surface area contributed by atoms with Gasteiger partial charge in [-0.25, -0.2) is 14.0 Å². The Morgan fingerprint density at radius 2 is 2.18 bits per heavy atom. The number of rotatable bonds is 5. The molecule has 1 aromatic carbocycles. The van der Waals surface area contributed by atoms with E-state index in [1.54, 1.807) is 30.0 Å². The molecule has 1 aromatic rings. The van der Waals surface area contributed by atoms with E-state index < -0.39 is 18.3 Å². The Bertz CT molecular complexity index is 772. The number of halogens is 1. The fourth-order valence-electron chi connectivity index (χ4n) is 3.59. The molecular formula is C19H25FN4O4. The molecule has 2 aliphatic rings. The summed E-state index contributed by atoms with van der Waals surface area (Å²) in [5.74, 6) is -0.323. The Labute approximate surface area is 163 Å². The van der Waals surface area contributed by atoms with Crippen LogP contribution in [0.25, 0.3) is 0 Å². The van der Waals surface area contributed by atoms with Gasteiger partial charge < -0.3 is 20.3 Å². The molecule has 0 aromatic heterocycles. The third kappa shape index (κ3) is 4.18. The molecule has 2 atom stereocenters. The van der Waals surface area contributed by atoms with E-state index in [1.165, 1.54) is 4.90 Å². The van der Waals surface area contributed by atoms with Crippen LogP contribution >= 0.6 is 0 Å². The molecule has 0 aliphatic carbocycles. The van der Waals surface area contributed by atoms with Crippen LogP contribution in [-0.4, -0.2) is 67.9 Å². The molecule has 3 rings (SSSR count). The maximum atomic E-state index is 14.0. The van der Waals surface area contributed by atoms with E-state index in [9.17, 15) is 18.8 Å². The van der Waals surface area contributed by atoms with E-state index in [0.29, 0.717) is 24.3 Å². The molecular weight excluding hydrogens is 367 g/mol. The molecule has 0 radical (unpaired) electrons. The first-order valence-corrected chi connectivity index (χ1v) is 9.42. The number of carbonyl (C=O) groups excluding carboxylic acids is 3. The Morgan fingerprint density at radius 1 is 1.39 bits per heavy atom. The lowest BCUT2D eigenvalue weighted by Crippen LogP contribution is -2.43. The Morgan fingerprint density at radius 3 is 2.86 bits per heavy atom. The molecule has 8 nitrogen and oxygen atoms in total. The number of alkyl halides is 1. The number of anilines is 1. The number of hydrogen-bond donors (Lipinski definition) is 2. The van der Waals surface area contributed by atoms with Gasteiger partial charge >= 0.3 is 12.1 Å². The number of nitrogens with zero attached hydrogens (tertiary/aromatic N) is 2. The van der Waals surface area contributed by atoms with Gasteiger partial charge in [0.25, 0.3) is 5.91 Å². The SMILES string of the molecule is CCOC(=O)NCC1CC(F)CN1C(=O)c1ccc(C)c(N2CCNC2=O)c1. The van der Waals surface area contributed by atoms with Gasteiger partial charge in [0.15, 0.2) is 0 Å². The fourth-order valence-corrected chi connectivity index (χ4v) is 3.59. The molecule has 2 unspecified atom stereocenters. The van der Waals surface area contributed by atoms with Crippen molar-refractivity contribution in [3.63, 3.8) is 0 Å². The van der Waals surface area contributed by atoms with Crippen LogP contribution in [0, 0.1) is 6.92 Å². The molecule has 0 bridgehead atoms. The van der Waals surface area contributed by atoms with Crippen molar-refractivity contribution in [2.24, 2.45) is 0 Å². The molecule has 28 heavy (non-hydrogen) atoms. The van der Waals surface area contributed by atoms with Crippen molar-refractivity contribution in [1.29, 1.82) is 0 Å². The van der Waals surface area contributed by atoms with Crippen molar-refractivity contribution in [3.8, 4) is 0 Å².